The maximum atomic E-state index is 12.3. The van der Waals surface area contributed by atoms with Crippen molar-refractivity contribution in [3.63, 3.8) is 0 Å². The van der Waals surface area contributed by atoms with Crippen LogP contribution in [-0.4, -0.2) is 19.1 Å². The van der Waals surface area contributed by atoms with Gasteiger partial charge in [0.25, 0.3) is 5.91 Å². The number of nitrogens with one attached hydrogen (secondary N) is 2. The molecule has 2 N–H and O–H groups in total. The van der Waals surface area contributed by atoms with Crippen molar-refractivity contribution in [2.45, 2.75) is 53.0 Å². The number of hydrogen-bond acceptors (Lipinski definition) is 4. The van der Waals surface area contributed by atoms with Crippen LogP contribution in [0.4, 0.5) is 0 Å². The monoisotopic (exact) mass is 343 g/mol. The largest absolute Gasteiger partial charge is 0.494 e. The van der Waals surface area contributed by atoms with E-state index in [0.29, 0.717) is 6.61 Å². The summed E-state index contributed by atoms with van der Waals surface area (Å²) >= 11 is 0. The second-order valence-electron chi connectivity index (χ2n) is 6.00. The Morgan fingerprint density at radius 1 is 1.36 bits per heavy atom. The summed E-state index contributed by atoms with van der Waals surface area (Å²) in [4.78, 5) is 12.3. The molecule has 1 aromatic carbocycles. The minimum Gasteiger partial charge on any atom is -0.494 e. The summed E-state index contributed by atoms with van der Waals surface area (Å²) in [5.74, 6) is 0.364. The number of rotatable bonds is 10. The van der Waals surface area contributed by atoms with Crippen LogP contribution in [0.25, 0.3) is 0 Å². The minimum atomic E-state index is -0.387. The van der Waals surface area contributed by atoms with Crippen LogP contribution >= 0.6 is 0 Å². The third-order valence-corrected chi connectivity index (χ3v) is 3.82. The van der Waals surface area contributed by atoms with Gasteiger partial charge in [-0.05, 0) is 33.3 Å². The number of ether oxygens (including phenoxy) is 1. The molecule has 5 nitrogen and oxygen atoms in total. The summed E-state index contributed by atoms with van der Waals surface area (Å²) in [6.07, 6.45) is 4.77. The van der Waals surface area contributed by atoms with Crippen LogP contribution in [0.3, 0.4) is 0 Å². The van der Waals surface area contributed by atoms with E-state index >= 15 is 0 Å². The fourth-order valence-electron chi connectivity index (χ4n) is 2.45. The van der Waals surface area contributed by atoms with Gasteiger partial charge in [0.05, 0.1) is 12.6 Å². The van der Waals surface area contributed by atoms with Crippen molar-refractivity contribution in [3.05, 3.63) is 41.1 Å². The highest BCUT2D eigenvalue weighted by molar-refractivity contribution is 5.97. The SMILES string of the molecule is CCCCCN/C=C(/C#N)C(=O)NC(C)c1cc(C)ccc1OCC. The molecular weight excluding hydrogens is 314 g/mol. The highest BCUT2D eigenvalue weighted by Gasteiger charge is 2.17. The summed E-state index contributed by atoms with van der Waals surface area (Å²) in [5, 5.41) is 15.1. The standard InChI is InChI=1S/C20H29N3O2/c1-5-7-8-11-22-14-17(13-21)20(24)23-16(4)18-12-15(3)9-10-19(18)25-6-2/h9-10,12,14,16,22H,5-8,11H2,1-4H3,(H,23,24)/b17-14-. The molecule has 25 heavy (non-hydrogen) atoms. The van der Waals surface area contributed by atoms with Gasteiger partial charge in [-0.3, -0.25) is 4.79 Å². The molecule has 0 saturated carbocycles. The van der Waals surface area contributed by atoms with E-state index in [1.165, 1.54) is 6.20 Å². The maximum Gasteiger partial charge on any atom is 0.263 e. The molecule has 1 unspecified atom stereocenters. The Labute approximate surface area is 151 Å². The first kappa shape index (κ1) is 20.6. The lowest BCUT2D eigenvalue weighted by Crippen LogP contribution is -2.29. The van der Waals surface area contributed by atoms with E-state index in [1.54, 1.807) is 0 Å². The number of carbonyl (C=O) groups excluding carboxylic acids is 1. The maximum absolute atomic E-state index is 12.3. The molecule has 5 heteroatoms. The van der Waals surface area contributed by atoms with Crippen molar-refractivity contribution in [3.8, 4) is 11.8 Å². The summed E-state index contributed by atoms with van der Waals surface area (Å²) < 4.78 is 5.64. The van der Waals surface area contributed by atoms with Crippen molar-refractivity contribution in [1.29, 1.82) is 5.26 Å². The molecule has 0 aromatic heterocycles. The first-order chi connectivity index (χ1) is 12.0. The van der Waals surface area contributed by atoms with Crippen LogP contribution in [0.5, 0.6) is 5.75 Å². The molecule has 0 heterocycles. The average Bonchev–Trinajstić information content (AvgIpc) is 2.59. The van der Waals surface area contributed by atoms with E-state index in [0.717, 1.165) is 42.7 Å². The first-order valence-corrected chi connectivity index (χ1v) is 8.91. The van der Waals surface area contributed by atoms with Crippen LogP contribution in [0.15, 0.2) is 30.0 Å². The molecule has 0 fully saturated rings. The number of amides is 1. The Kier molecular flexibility index (Phi) is 9.16. The van der Waals surface area contributed by atoms with Gasteiger partial charge in [0.1, 0.15) is 17.4 Å². The van der Waals surface area contributed by atoms with E-state index in [9.17, 15) is 10.1 Å². The molecule has 0 aliphatic rings. The van der Waals surface area contributed by atoms with Crippen LogP contribution in [-0.2, 0) is 4.79 Å². The number of aryl methyl sites for hydroxylation is 1. The van der Waals surface area contributed by atoms with Gasteiger partial charge < -0.3 is 15.4 Å². The number of unbranched alkanes of at least 4 members (excludes halogenated alkanes) is 2. The van der Waals surface area contributed by atoms with E-state index in [2.05, 4.69) is 17.6 Å². The molecule has 1 rings (SSSR count). The summed E-state index contributed by atoms with van der Waals surface area (Å²) in [7, 11) is 0. The average molecular weight is 343 g/mol. The smallest absolute Gasteiger partial charge is 0.263 e. The molecule has 1 atom stereocenters. The summed E-state index contributed by atoms with van der Waals surface area (Å²) in [5.41, 5.74) is 2.07. The van der Waals surface area contributed by atoms with Gasteiger partial charge in [0, 0.05) is 18.3 Å². The molecule has 0 radical (unpaired) electrons. The van der Waals surface area contributed by atoms with Gasteiger partial charge in [-0.15, -0.1) is 0 Å². The van der Waals surface area contributed by atoms with E-state index in [1.807, 2.05) is 45.0 Å². The first-order valence-electron chi connectivity index (χ1n) is 8.91. The molecule has 0 bridgehead atoms. The highest BCUT2D eigenvalue weighted by Crippen LogP contribution is 2.26. The summed E-state index contributed by atoms with van der Waals surface area (Å²) in [6.45, 7) is 9.25. The summed E-state index contributed by atoms with van der Waals surface area (Å²) in [6, 6.07) is 7.58. The molecule has 0 aliphatic carbocycles. The van der Waals surface area contributed by atoms with Crippen LogP contribution in [0.1, 0.15) is 57.2 Å². The van der Waals surface area contributed by atoms with Gasteiger partial charge in [0.2, 0.25) is 0 Å². The lowest BCUT2D eigenvalue weighted by molar-refractivity contribution is -0.117. The Morgan fingerprint density at radius 2 is 2.12 bits per heavy atom. The van der Waals surface area contributed by atoms with Crippen LogP contribution in [0, 0.1) is 18.3 Å². The third-order valence-electron chi connectivity index (χ3n) is 3.82. The molecule has 1 aromatic rings. The van der Waals surface area contributed by atoms with Crippen molar-refractivity contribution >= 4 is 5.91 Å². The Hall–Kier alpha value is -2.48. The molecule has 1 amide bonds. The fourth-order valence-corrected chi connectivity index (χ4v) is 2.45. The lowest BCUT2D eigenvalue weighted by Gasteiger charge is -2.18. The van der Waals surface area contributed by atoms with E-state index in [4.69, 9.17) is 4.74 Å². The minimum absolute atomic E-state index is 0.0777. The van der Waals surface area contributed by atoms with Crippen LogP contribution < -0.4 is 15.4 Å². The topological polar surface area (TPSA) is 74.2 Å². The lowest BCUT2D eigenvalue weighted by atomic mass is 10.0. The third kappa shape index (κ3) is 6.88. The zero-order valence-corrected chi connectivity index (χ0v) is 15.7. The zero-order chi connectivity index (χ0) is 18.7. The normalized spacial score (nSPS) is 12.2. The van der Waals surface area contributed by atoms with Gasteiger partial charge in [-0.1, -0.05) is 37.5 Å². The van der Waals surface area contributed by atoms with Gasteiger partial charge >= 0.3 is 0 Å². The van der Waals surface area contributed by atoms with E-state index < -0.39 is 0 Å². The van der Waals surface area contributed by atoms with Crippen molar-refractivity contribution in [2.75, 3.05) is 13.2 Å². The predicted molar refractivity (Wildman–Crippen MR) is 100 cm³/mol. The predicted octanol–water partition coefficient (Wildman–Crippen LogP) is 3.76. The Balaban J connectivity index is 2.76. The Bertz CT molecular complexity index is 632. The quantitative estimate of drug-likeness (QED) is 0.385. The van der Waals surface area contributed by atoms with E-state index in [-0.39, 0.29) is 17.5 Å². The molecule has 0 spiro atoms. The van der Waals surface area contributed by atoms with Crippen molar-refractivity contribution in [1.82, 2.24) is 10.6 Å². The number of hydrogen-bond donors (Lipinski definition) is 2. The molecule has 136 valence electrons. The number of nitriles is 1. The van der Waals surface area contributed by atoms with Gasteiger partial charge in [-0.2, -0.15) is 5.26 Å². The number of carbonyl (C=O) groups is 1. The Morgan fingerprint density at radius 3 is 2.76 bits per heavy atom. The van der Waals surface area contributed by atoms with Crippen LogP contribution in [0.2, 0.25) is 0 Å². The molecule has 0 aliphatic heterocycles. The molecular formula is C20H29N3O2. The molecule has 0 saturated heterocycles. The highest BCUT2D eigenvalue weighted by atomic mass is 16.5. The van der Waals surface area contributed by atoms with Gasteiger partial charge in [-0.25, -0.2) is 0 Å². The fraction of sp³-hybridized carbons (Fsp3) is 0.500. The zero-order valence-electron chi connectivity index (χ0n) is 15.7. The van der Waals surface area contributed by atoms with Crippen molar-refractivity contribution < 1.29 is 9.53 Å². The van der Waals surface area contributed by atoms with Gasteiger partial charge in [0.15, 0.2) is 0 Å². The number of nitrogens with zero attached hydrogens (tertiary/aromatic N) is 1. The number of benzene rings is 1. The second kappa shape index (κ2) is 11.1. The van der Waals surface area contributed by atoms with Crippen molar-refractivity contribution in [2.24, 2.45) is 0 Å². The second-order valence-corrected chi connectivity index (χ2v) is 6.00.